The molecule has 0 radical (unpaired) electrons. The van der Waals surface area contributed by atoms with Crippen LogP contribution in [0.4, 0.5) is 5.69 Å². The van der Waals surface area contributed by atoms with Gasteiger partial charge in [-0.3, -0.25) is 4.72 Å². The van der Waals surface area contributed by atoms with Crippen LogP contribution in [-0.4, -0.2) is 22.1 Å². The summed E-state index contributed by atoms with van der Waals surface area (Å²) in [4.78, 5) is -0.0864. The smallest absolute Gasteiger partial charge is 0.261 e. The van der Waals surface area contributed by atoms with Crippen molar-refractivity contribution < 1.29 is 16.8 Å². The van der Waals surface area contributed by atoms with E-state index in [0.29, 0.717) is 23.0 Å². The summed E-state index contributed by atoms with van der Waals surface area (Å²) in [5.74, 6) is 0. The van der Waals surface area contributed by atoms with Crippen LogP contribution in [0.5, 0.6) is 0 Å². The number of anilines is 1. The third-order valence-electron chi connectivity index (χ3n) is 3.47. The highest BCUT2D eigenvalue weighted by molar-refractivity contribution is 9.10. The van der Waals surface area contributed by atoms with Crippen molar-refractivity contribution in [3.05, 3.63) is 22.7 Å². The fourth-order valence-electron chi connectivity index (χ4n) is 2.34. The molecule has 1 aliphatic carbocycles. The van der Waals surface area contributed by atoms with Gasteiger partial charge in [-0.1, -0.05) is 19.3 Å². The average molecular weight is 417 g/mol. The van der Waals surface area contributed by atoms with E-state index in [1.807, 2.05) is 0 Å². The highest BCUT2D eigenvalue weighted by atomic mass is 79.9. The van der Waals surface area contributed by atoms with E-state index in [2.05, 4.69) is 20.7 Å². The molecule has 1 aromatic rings. The number of halogens is 2. The van der Waals surface area contributed by atoms with Gasteiger partial charge in [0.2, 0.25) is 10.0 Å². The minimum absolute atomic E-state index is 0.0864. The van der Waals surface area contributed by atoms with Gasteiger partial charge in [-0.25, -0.2) is 16.8 Å². The molecule has 0 heterocycles. The number of sulfonamides is 1. The molecular weight excluding hydrogens is 402 g/mol. The summed E-state index contributed by atoms with van der Waals surface area (Å²) in [5, 5.41) is -0.394. The molecule has 21 heavy (non-hydrogen) atoms. The molecule has 5 nitrogen and oxygen atoms in total. The molecule has 1 N–H and O–H groups in total. The lowest BCUT2D eigenvalue weighted by atomic mass is 10.0. The van der Waals surface area contributed by atoms with E-state index in [1.54, 1.807) is 0 Å². The Morgan fingerprint density at radius 2 is 1.71 bits per heavy atom. The Bertz CT molecular complexity index is 728. The van der Waals surface area contributed by atoms with E-state index in [-0.39, 0.29) is 4.90 Å². The van der Waals surface area contributed by atoms with Gasteiger partial charge in [-0.15, -0.1) is 0 Å². The molecule has 118 valence electrons. The number of nitrogens with one attached hydrogen (secondary N) is 1. The SMILES string of the molecule is O=S(=O)(Cl)c1ccc(NS(=O)(=O)C2CCCCC2)c(Br)c1. The topological polar surface area (TPSA) is 80.3 Å². The van der Waals surface area contributed by atoms with Gasteiger partial charge in [0.15, 0.2) is 0 Å². The molecule has 0 saturated heterocycles. The molecule has 0 atom stereocenters. The largest absolute Gasteiger partial charge is 0.282 e. The van der Waals surface area contributed by atoms with Crippen molar-refractivity contribution in [2.75, 3.05) is 4.72 Å². The Morgan fingerprint density at radius 1 is 1.10 bits per heavy atom. The molecule has 0 spiro atoms. The van der Waals surface area contributed by atoms with Crippen molar-refractivity contribution in [2.24, 2.45) is 0 Å². The zero-order valence-corrected chi connectivity index (χ0v) is 15.0. The number of hydrogen-bond acceptors (Lipinski definition) is 4. The molecular formula is C12H15BrClNO4S2. The summed E-state index contributed by atoms with van der Waals surface area (Å²) in [5.41, 5.74) is 0.310. The van der Waals surface area contributed by atoms with E-state index in [0.717, 1.165) is 19.3 Å². The summed E-state index contributed by atoms with van der Waals surface area (Å²) in [6.07, 6.45) is 4.20. The van der Waals surface area contributed by atoms with Crippen LogP contribution in [0.15, 0.2) is 27.6 Å². The Hall–Kier alpha value is -0.310. The third kappa shape index (κ3) is 4.34. The molecule has 0 unspecified atom stereocenters. The Kier molecular flexibility index (Phi) is 5.23. The van der Waals surface area contributed by atoms with Crippen LogP contribution in [0.2, 0.25) is 0 Å². The lowest BCUT2D eigenvalue weighted by Gasteiger charge is -2.22. The van der Waals surface area contributed by atoms with Gasteiger partial charge >= 0.3 is 0 Å². The van der Waals surface area contributed by atoms with Gasteiger partial charge in [0.1, 0.15) is 0 Å². The Balaban J connectivity index is 2.23. The second-order valence-corrected chi connectivity index (χ2v) is 10.4. The van der Waals surface area contributed by atoms with Gasteiger partial charge in [-0.05, 0) is 47.0 Å². The number of rotatable bonds is 4. The maximum absolute atomic E-state index is 12.3. The summed E-state index contributed by atoms with van der Waals surface area (Å²) >= 11 is 3.17. The second-order valence-electron chi connectivity index (χ2n) is 4.99. The van der Waals surface area contributed by atoms with Crippen molar-refractivity contribution in [3.63, 3.8) is 0 Å². The minimum atomic E-state index is -3.84. The van der Waals surface area contributed by atoms with Crippen LogP contribution in [-0.2, 0) is 19.1 Å². The molecule has 1 fully saturated rings. The Labute approximate surface area is 137 Å². The maximum Gasteiger partial charge on any atom is 0.261 e. The van der Waals surface area contributed by atoms with Crippen LogP contribution in [0, 0.1) is 0 Å². The summed E-state index contributed by atoms with van der Waals surface area (Å²) in [7, 11) is -2.06. The fraction of sp³-hybridized carbons (Fsp3) is 0.500. The molecule has 1 saturated carbocycles. The van der Waals surface area contributed by atoms with Crippen LogP contribution in [0.3, 0.4) is 0 Å². The Morgan fingerprint density at radius 3 is 2.24 bits per heavy atom. The standard InChI is InChI=1S/C12H15BrClNO4S2/c13-11-8-10(20(14,16)17)6-7-12(11)15-21(18,19)9-4-2-1-3-5-9/h6-9,15H,1-5H2. The van der Waals surface area contributed by atoms with E-state index in [4.69, 9.17) is 10.7 Å². The molecule has 1 aliphatic rings. The van der Waals surface area contributed by atoms with Gasteiger partial charge < -0.3 is 0 Å². The zero-order chi connectivity index (χ0) is 15.7. The van der Waals surface area contributed by atoms with Crippen molar-refractivity contribution in [3.8, 4) is 0 Å². The highest BCUT2D eigenvalue weighted by Crippen LogP contribution is 2.30. The normalized spacial score (nSPS) is 17.6. The number of hydrogen-bond donors (Lipinski definition) is 1. The lowest BCUT2D eigenvalue weighted by molar-refractivity contribution is 0.486. The average Bonchev–Trinajstić information content (AvgIpc) is 2.41. The molecule has 1 aromatic carbocycles. The summed E-state index contributed by atoms with van der Waals surface area (Å²) < 4.78 is 50.0. The predicted molar refractivity (Wildman–Crippen MR) is 86.6 cm³/mol. The molecule has 0 aliphatic heterocycles. The zero-order valence-electron chi connectivity index (χ0n) is 11.1. The lowest BCUT2D eigenvalue weighted by Crippen LogP contribution is -2.29. The van der Waals surface area contributed by atoms with Crippen LogP contribution in [0.25, 0.3) is 0 Å². The molecule has 9 heteroatoms. The first-order valence-electron chi connectivity index (χ1n) is 6.46. The van der Waals surface area contributed by atoms with Crippen molar-refractivity contribution >= 4 is 51.4 Å². The minimum Gasteiger partial charge on any atom is -0.282 e. The van der Waals surface area contributed by atoms with Crippen LogP contribution >= 0.6 is 26.6 Å². The fourth-order valence-corrected chi connectivity index (χ4v) is 5.49. The second kappa shape index (κ2) is 6.44. The van der Waals surface area contributed by atoms with E-state index < -0.39 is 24.3 Å². The van der Waals surface area contributed by atoms with Crippen LogP contribution in [0.1, 0.15) is 32.1 Å². The monoisotopic (exact) mass is 415 g/mol. The predicted octanol–water partition coefficient (Wildman–Crippen LogP) is 3.45. The van der Waals surface area contributed by atoms with Gasteiger partial charge in [0, 0.05) is 15.2 Å². The van der Waals surface area contributed by atoms with E-state index >= 15 is 0 Å². The third-order valence-corrected chi connectivity index (χ3v) is 7.33. The summed E-state index contributed by atoms with van der Waals surface area (Å²) in [6.45, 7) is 0. The summed E-state index contributed by atoms with van der Waals surface area (Å²) in [6, 6.07) is 3.94. The van der Waals surface area contributed by atoms with Crippen molar-refractivity contribution in [2.45, 2.75) is 42.2 Å². The maximum atomic E-state index is 12.3. The number of benzene rings is 1. The molecule has 2 rings (SSSR count). The van der Waals surface area contributed by atoms with E-state index in [1.165, 1.54) is 18.2 Å². The first kappa shape index (κ1) is 17.1. The van der Waals surface area contributed by atoms with Crippen LogP contribution < -0.4 is 4.72 Å². The van der Waals surface area contributed by atoms with Gasteiger partial charge in [0.25, 0.3) is 9.05 Å². The molecule has 0 amide bonds. The van der Waals surface area contributed by atoms with Crippen molar-refractivity contribution in [1.82, 2.24) is 0 Å². The van der Waals surface area contributed by atoms with E-state index in [9.17, 15) is 16.8 Å². The molecule has 0 bridgehead atoms. The van der Waals surface area contributed by atoms with Gasteiger partial charge in [0.05, 0.1) is 15.8 Å². The quantitative estimate of drug-likeness (QED) is 0.762. The first-order chi connectivity index (χ1) is 9.70. The van der Waals surface area contributed by atoms with Crippen molar-refractivity contribution in [1.29, 1.82) is 0 Å². The molecule has 0 aromatic heterocycles. The first-order valence-corrected chi connectivity index (χ1v) is 11.1. The van der Waals surface area contributed by atoms with Gasteiger partial charge in [-0.2, -0.15) is 0 Å². The highest BCUT2D eigenvalue weighted by Gasteiger charge is 2.27.